The van der Waals surface area contributed by atoms with E-state index in [-0.39, 0.29) is 24.0 Å². The molecule has 7 heteroatoms. The second kappa shape index (κ2) is 9.94. The third kappa shape index (κ3) is 5.70. The number of aliphatic imine (C=N–C) groups is 1. The van der Waals surface area contributed by atoms with Gasteiger partial charge in [0.05, 0.1) is 19.8 Å². The minimum Gasteiger partial charge on any atom is -0.381 e. The van der Waals surface area contributed by atoms with E-state index in [0.29, 0.717) is 18.6 Å². The lowest BCUT2D eigenvalue weighted by atomic mass is 9.87. The maximum absolute atomic E-state index is 5.97. The number of guanidine groups is 1. The maximum Gasteiger partial charge on any atom is 0.193 e. The molecule has 2 aliphatic rings. The monoisotopic (exact) mass is 479 g/mol. The van der Waals surface area contributed by atoms with Crippen LogP contribution in [0.1, 0.15) is 18.4 Å². The minimum absolute atomic E-state index is 0. The van der Waals surface area contributed by atoms with Gasteiger partial charge in [-0.05, 0) is 30.5 Å². The summed E-state index contributed by atoms with van der Waals surface area (Å²) >= 11 is 5.97. The SMILES string of the molecule is CN=C(NCCOCc1cccc(Cl)c1)N1CCC2(CCOC2)C1.I. The first-order chi connectivity index (χ1) is 11.7. The third-order valence-corrected chi connectivity index (χ3v) is 5.06. The second-order valence-electron chi connectivity index (χ2n) is 6.63. The number of halogens is 2. The summed E-state index contributed by atoms with van der Waals surface area (Å²) in [5, 5.41) is 4.14. The van der Waals surface area contributed by atoms with E-state index in [1.165, 1.54) is 12.8 Å². The van der Waals surface area contributed by atoms with Crippen LogP contribution in [0.5, 0.6) is 0 Å². The van der Waals surface area contributed by atoms with Crippen molar-refractivity contribution in [1.82, 2.24) is 10.2 Å². The fourth-order valence-corrected chi connectivity index (χ4v) is 3.68. The summed E-state index contributed by atoms with van der Waals surface area (Å²) in [5.74, 6) is 0.963. The molecule has 0 amide bonds. The van der Waals surface area contributed by atoms with Gasteiger partial charge < -0.3 is 19.7 Å². The smallest absolute Gasteiger partial charge is 0.193 e. The molecular formula is C18H27ClIN3O2. The van der Waals surface area contributed by atoms with Crippen molar-refractivity contribution in [2.45, 2.75) is 19.4 Å². The highest BCUT2D eigenvalue weighted by molar-refractivity contribution is 14.0. The molecule has 2 heterocycles. The fraction of sp³-hybridized carbons (Fsp3) is 0.611. The van der Waals surface area contributed by atoms with Crippen molar-refractivity contribution in [3.05, 3.63) is 34.9 Å². The van der Waals surface area contributed by atoms with E-state index in [9.17, 15) is 0 Å². The van der Waals surface area contributed by atoms with Crippen LogP contribution in [0.15, 0.2) is 29.3 Å². The number of benzene rings is 1. The van der Waals surface area contributed by atoms with Crippen LogP contribution in [0.3, 0.4) is 0 Å². The molecule has 2 aliphatic heterocycles. The molecule has 0 radical (unpaired) electrons. The summed E-state index contributed by atoms with van der Waals surface area (Å²) in [7, 11) is 1.84. The lowest BCUT2D eigenvalue weighted by molar-refractivity contribution is 0.125. The number of ether oxygens (including phenoxy) is 2. The fourth-order valence-electron chi connectivity index (χ4n) is 3.47. The van der Waals surface area contributed by atoms with Gasteiger partial charge in [0.2, 0.25) is 0 Å². The van der Waals surface area contributed by atoms with E-state index in [2.05, 4.69) is 15.2 Å². The molecule has 2 saturated heterocycles. The zero-order valence-corrected chi connectivity index (χ0v) is 17.8. The average Bonchev–Trinajstić information content (AvgIpc) is 3.21. The summed E-state index contributed by atoms with van der Waals surface area (Å²) in [6.45, 7) is 5.83. The molecule has 1 atom stereocenters. The second-order valence-corrected chi connectivity index (χ2v) is 7.07. The Balaban J connectivity index is 0.00000225. The summed E-state index contributed by atoms with van der Waals surface area (Å²) in [6, 6.07) is 7.76. The lowest BCUT2D eigenvalue weighted by Crippen LogP contribution is -2.42. The van der Waals surface area contributed by atoms with E-state index < -0.39 is 0 Å². The number of nitrogens with one attached hydrogen (secondary N) is 1. The molecule has 0 aromatic heterocycles. The third-order valence-electron chi connectivity index (χ3n) is 4.82. The Morgan fingerprint density at radius 3 is 3.04 bits per heavy atom. The van der Waals surface area contributed by atoms with E-state index in [1.54, 1.807) is 0 Å². The van der Waals surface area contributed by atoms with Crippen LogP contribution in [0.2, 0.25) is 5.02 Å². The molecule has 25 heavy (non-hydrogen) atoms. The van der Waals surface area contributed by atoms with E-state index in [4.69, 9.17) is 21.1 Å². The number of likely N-dealkylation sites (tertiary alicyclic amines) is 1. The van der Waals surface area contributed by atoms with Gasteiger partial charge in [0.1, 0.15) is 0 Å². The van der Waals surface area contributed by atoms with Gasteiger partial charge in [-0.2, -0.15) is 0 Å². The van der Waals surface area contributed by atoms with Gasteiger partial charge in [-0.3, -0.25) is 4.99 Å². The Labute approximate surface area is 172 Å². The average molecular weight is 480 g/mol. The first kappa shape index (κ1) is 20.7. The number of hydrogen-bond donors (Lipinski definition) is 1. The molecule has 1 unspecified atom stereocenters. The van der Waals surface area contributed by atoms with Gasteiger partial charge in [-0.15, -0.1) is 24.0 Å². The van der Waals surface area contributed by atoms with Crippen molar-refractivity contribution in [3.8, 4) is 0 Å². The number of rotatable bonds is 5. The highest BCUT2D eigenvalue weighted by Crippen LogP contribution is 2.38. The summed E-state index contributed by atoms with van der Waals surface area (Å²) in [4.78, 5) is 6.75. The molecule has 1 N–H and O–H groups in total. The molecule has 3 rings (SSSR count). The van der Waals surface area contributed by atoms with Crippen molar-refractivity contribution in [2.24, 2.45) is 10.4 Å². The highest BCUT2D eigenvalue weighted by Gasteiger charge is 2.42. The molecule has 0 saturated carbocycles. The van der Waals surface area contributed by atoms with Crippen LogP contribution in [0.4, 0.5) is 0 Å². The molecule has 1 aromatic carbocycles. The number of nitrogens with zero attached hydrogens (tertiary/aromatic N) is 2. The highest BCUT2D eigenvalue weighted by atomic mass is 127. The first-order valence-corrected chi connectivity index (χ1v) is 8.94. The van der Waals surface area contributed by atoms with E-state index in [1.807, 2.05) is 31.3 Å². The number of hydrogen-bond acceptors (Lipinski definition) is 3. The van der Waals surface area contributed by atoms with Crippen molar-refractivity contribution < 1.29 is 9.47 Å². The van der Waals surface area contributed by atoms with Crippen molar-refractivity contribution in [2.75, 3.05) is 46.5 Å². The van der Waals surface area contributed by atoms with Crippen LogP contribution in [-0.2, 0) is 16.1 Å². The summed E-state index contributed by atoms with van der Waals surface area (Å²) < 4.78 is 11.3. The van der Waals surface area contributed by atoms with Crippen LogP contribution >= 0.6 is 35.6 Å². The van der Waals surface area contributed by atoms with Gasteiger partial charge in [-0.1, -0.05) is 23.7 Å². The predicted molar refractivity (Wildman–Crippen MR) is 112 cm³/mol. The standard InChI is InChI=1S/C18H26ClN3O2.HI/c1-20-17(22-8-5-18(13-22)6-9-24-14-18)21-7-10-23-12-15-3-2-4-16(19)11-15;/h2-4,11H,5-10,12-14H2,1H3,(H,20,21);1H. The maximum atomic E-state index is 5.97. The van der Waals surface area contributed by atoms with Gasteiger partial charge in [0.25, 0.3) is 0 Å². The van der Waals surface area contributed by atoms with E-state index >= 15 is 0 Å². The van der Waals surface area contributed by atoms with Crippen molar-refractivity contribution in [3.63, 3.8) is 0 Å². The van der Waals surface area contributed by atoms with Crippen LogP contribution < -0.4 is 5.32 Å². The molecule has 1 spiro atoms. The van der Waals surface area contributed by atoms with Crippen LogP contribution in [0.25, 0.3) is 0 Å². The Bertz CT molecular complexity index is 579. The zero-order valence-electron chi connectivity index (χ0n) is 14.7. The normalized spacial score (nSPS) is 23.1. The summed E-state index contributed by atoms with van der Waals surface area (Å²) in [6.07, 6.45) is 2.36. The van der Waals surface area contributed by atoms with E-state index in [0.717, 1.165) is 49.4 Å². The van der Waals surface area contributed by atoms with Gasteiger partial charge in [0.15, 0.2) is 5.96 Å². The van der Waals surface area contributed by atoms with Gasteiger partial charge in [0, 0.05) is 43.7 Å². The van der Waals surface area contributed by atoms with Crippen LogP contribution in [-0.4, -0.2) is 57.4 Å². The molecule has 1 aromatic rings. The lowest BCUT2D eigenvalue weighted by Gasteiger charge is -2.24. The topological polar surface area (TPSA) is 46.1 Å². The molecular weight excluding hydrogens is 453 g/mol. The van der Waals surface area contributed by atoms with Gasteiger partial charge in [-0.25, -0.2) is 0 Å². The van der Waals surface area contributed by atoms with Crippen molar-refractivity contribution >= 4 is 41.5 Å². The molecule has 140 valence electrons. The quantitative estimate of drug-likeness (QED) is 0.305. The molecule has 2 fully saturated rings. The molecule has 0 bridgehead atoms. The Morgan fingerprint density at radius 2 is 2.32 bits per heavy atom. The molecule has 5 nitrogen and oxygen atoms in total. The largest absolute Gasteiger partial charge is 0.381 e. The summed E-state index contributed by atoms with van der Waals surface area (Å²) in [5.41, 5.74) is 1.44. The van der Waals surface area contributed by atoms with Gasteiger partial charge >= 0.3 is 0 Å². The predicted octanol–water partition coefficient (Wildman–Crippen LogP) is 3.16. The molecule has 0 aliphatic carbocycles. The van der Waals surface area contributed by atoms with Crippen molar-refractivity contribution in [1.29, 1.82) is 0 Å². The Hall–Kier alpha value is -0.570. The first-order valence-electron chi connectivity index (χ1n) is 8.56. The zero-order chi connectivity index (χ0) is 16.8. The Morgan fingerprint density at radius 1 is 1.44 bits per heavy atom. The van der Waals surface area contributed by atoms with Crippen LogP contribution in [0, 0.1) is 5.41 Å². The Kier molecular flexibility index (Phi) is 8.25. The minimum atomic E-state index is 0.